The van der Waals surface area contributed by atoms with Crippen LogP contribution in [0.3, 0.4) is 0 Å². The van der Waals surface area contributed by atoms with Crippen LogP contribution < -0.4 is 15.7 Å². The lowest BCUT2D eigenvalue weighted by atomic mass is 10.3. The number of nitro groups is 1. The lowest BCUT2D eigenvalue weighted by Crippen LogP contribution is -2.27. The predicted octanol–water partition coefficient (Wildman–Crippen LogP) is 1.23. The van der Waals surface area contributed by atoms with Crippen molar-refractivity contribution in [3.05, 3.63) is 34.4 Å². The summed E-state index contributed by atoms with van der Waals surface area (Å²) in [6.07, 6.45) is 0. The summed E-state index contributed by atoms with van der Waals surface area (Å²) >= 11 is 0. The number of hydrazine groups is 2. The molecular weight excluding hydrogens is 210 g/mol. The first-order valence-electron chi connectivity index (χ1n) is 3.52. The van der Waals surface area contributed by atoms with E-state index >= 15 is 0 Å². The molecule has 7 heteroatoms. The summed E-state index contributed by atoms with van der Waals surface area (Å²) in [4.78, 5) is 9.90. The van der Waals surface area contributed by atoms with Crippen LogP contribution in [0.4, 0.5) is 5.69 Å². The molecule has 0 heterocycles. The molecule has 0 aliphatic heterocycles. The molecule has 1 aromatic carbocycles. The Morgan fingerprint density at radius 1 is 1.36 bits per heavy atom. The highest BCUT2D eigenvalue weighted by Crippen LogP contribution is 2.13. The smallest absolute Gasteiger partial charge is 0.178 e. The van der Waals surface area contributed by atoms with Crippen LogP contribution in [-0.2, 0) is 0 Å². The van der Waals surface area contributed by atoms with Crippen LogP contribution in [0.25, 0.3) is 0 Å². The second kappa shape index (κ2) is 5.87. The summed E-state index contributed by atoms with van der Waals surface area (Å²) in [5, 5.41) is 9.23. The third kappa shape index (κ3) is 3.81. The van der Waals surface area contributed by atoms with Gasteiger partial charge in [-0.2, -0.15) is 0 Å². The Morgan fingerprint density at radius 3 is 2.36 bits per heavy atom. The normalized spacial score (nSPS) is 8.36. The van der Waals surface area contributed by atoms with Gasteiger partial charge in [-0.25, -0.2) is 15.5 Å². The Kier molecular flexibility index (Phi) is 5.16. The van der Waals surface area contributed by atoms with Crippen LogP contribution in [0.5, 0.6) is 5.75 Å². The summed E-state index contributed by atoms with van der Waals surface area (Å²) < 4.78 is 4.91. The summed E-state index contributed by atoms with van der Waals surface area (Å²) in [6, 6.07) is 6.72. The lowest BCUT2D eigenvalue weighted by molar-refractivity contribution is -0.538. The first kappa shape index (κ1) is 12.3. The van der Waals surface area contributed by atoms with E-state index in [4.69, 9.17) is 4.74 Å². The molecule has 0 saturated carbocycles. The molecule has 6 nitrogen and oxygen atoms in total. The molecule has 2 N–H and O–H groups in total. The van der Waals surface area contributed by atoms with Gasteiger partial charge in [-0.05, 0) is 29.8 Å². The number of nitrogens with zero attached hydrogens (tertiary/aromatic N) is 1. The van der Waals surface area contributed by atoms with Crippen molar-refractivity contribution in [3.8, 4) is 5.75 Å². The number of nitrogens with one attached hydrogen (secondary N) is 2. The predicted molar refractivity (Wildman–Crippen MR) is 54.0 cm³/mol. The number of rotatable bonds is 4. The van der Waals surface area contributed by atoms with Crippen LogP contribution in [-0.4, -0.2) is 12.1 Å². The highest BCUT2D eigenvalue weighted by atomic mass is 35.5. The molecule has 0 bridgehead atoms. The van der Waals surface area contributed by atoms with Crippen molar-refractivity contribution < 1.29 is 9.77 Å². The fourth-order valence-corrected chi connectivity index (χ4v) is 0.785. The van der Waals surface area contributed by atoms with Gasteiger partial charge in [0.25, 0.3) is 0 Å². The standard InChI is InChI=1S/C7H9N3O3.ClH/c1-13-7-4-2-6(3-5-7)8-9-10(11)12;/h2-5,8-9H,1H3;1H. The summed E-state index contributed by atoms with van der Waals surface area (Å²) in [7, 11) is 1.55. The molecule has 78 valence electrons. The van der Waals surface area contributed by atoms with Gasteiger partial charge in [0, 0.05) is 0 Å². The van der Waals surface area contributed by atoms with Gasteiger partial charge in [-0.15, -0.1) is 12.4 Å². The van der Waals surface area contributed by atoms with Gasteiger partial charge in [0.1, 0.15) is 5.75 Å². The third-order valence-electron chi connectivity index (χ3n) is 1.38. The van der Waals surface area contributed by atoms with Gasteiger partial charge in [0.15, 0.2) is 5.03 Å². The van der Waals surface area contributed by atoms with Gasteiger partial charge in [0.2, 0.25) is 0 Å². The minimum atomic E-state index is -0.676. The first-order valence-corrected chi connectivity index (χ1v) is 3.52. The largest absolute Gasteiger partial charge is 0.497 e. The molecule has 0 spiro atoms. The average Bonchev–Trinajstić information content (AvgIpc) is 2.15. The van der Waals surface area contributed by atoms with Crippen LogP contribution >= 0.6 is 12.4 Å². The molecule has 0 unspecified atom stereocenters. The minimum Gasteiger partial charge on any atom is -0.497 e. The van der Waals surface area contributed by atoms with E-state index in [1.807, 2.05) is 5.53 Å². The molecule has 1 rings (SSSR count). The minimum absolute atomic E-state index is 0. The molecule has 14 heavy (non-hydrogen) atoms. The first-order chi connectivity index (χ1) is 6.22. The Hall–Kier alpha value is -1.69. The Morgan fingerprint density at radius 2 is 1.93 bits per heavy atom. The summed E-state index contributed by atoms with van der Waals surface area (Å²) in [6.45, 7) is 0. The maximum Gasteiger partial charge on any atom is 0.178 e. The van der Waals surface area contributed by atoms with E-state index in [9.17, 15) is 10.1 Å². The number of hydrogen-bond donors (Lipinski definition) is 2. The number of ether oxygens (including phenoxy) is 1. The Bertz CT molecular complexity index is 291. The molecule has 0 aliphatic carbocycles. The van der Waals surface area contributed by atoms with E-state index in [0.717, 1.165) is 0 Å². The van der Waals surface area contributed by atoms with Crippen LogP contribution in [0, 0.1) is 10.1 Å². The van der Waals surface area contributed by atoms with Crippen molar-refractivity contribution in [1.82, 2.24) is 5.53 Å². The van der Waals surface area contributed by atoms with Gasteiger partial charge >= 0.3 is 0 Å². The van der Waals surface area contributed by atoms with E-state index in [0.29, 0.717) is 11.4 Å². The molecule has 0 amide bonds. The fourth-order valence-electron chi connectivity index (χ4n) is 0.785. The molecular formula is C7H10ClN3O3. The van der Waals surface area contributed by atoms with Gasteiger partial charge < -0.3 is 4.74 Å². The number of hydrogen-bond acceptors (Lipinski definition) is 4. The van der Waals surface area contributed by atoms with E-state index in [-0.39, 0.29) is 12.4 Å². The van der Waals surface area contributed by atoms with Gasteiger partial charge in [0.05, 0.1) is 12.8 Å². The Labute approximate surface area is 86.8 Å². The number of benzene rings is 1. The van der Waals surface area contributed by atoms with E-state index in [2.05, 4.69) is 5.43 Å². The highest BCUT2D eigenvalue weighted by molar-refractivity contribution is 5.85. The van der Waals surface area contributed by atoms with Gasteiger partial charge in [-0.3, -0.25) is 0 Å². The van der Waals surface area contributed by atoms with Crippen molar-refractivity contribution in [1.29, 1.82) is 0 Å². The maximum atomic E-state index is 9.90. The zero-order valence-corrected chi connectivity index (χ0v) is 8.21. The van der Waals surface area contributed by atoms with E-state index < -0.39 is 5.03 Å². The van der Waals surface area contributed by atoms with Crippen LogP contribution in [0.2, 0.25) is 0 Å². The van der Waals surface area contributed by atoms with Crippen LogP contribution in [0.15, 0.2) is 24.3 Å². The third-order valence-corrected chi connectivity index (χ3v) is 1.38. The van der Waals surface area contributed by atoms with Crippen molar-refractivity contribution in [2.75, 3.05) is 12.5 Å². The molecule has 0 radical (unpaired) electrons. The van der Waals surface area contributed by atoms with E-state index in [1.165, 1.54) is 0 Å². The van der Waals surface area contributed by atoms with Gasteiger partial charge in [-0.1, -0.05) is 0 Å². The molecule has 0 saturated heterocycles. The highest BCUT2D eigenvalue weighted by Gasteiger charge is 1.95. The lowest BCUT2D eigenvalue weighted by Gasteiger charge is -2.03. The van der Waals surface area contributed by atoms with E-state index in [1.54, 1.807) is 31.4 Å². The number of anilines is 1. The summed E-state index contributed by atoms with van der Waals surface area (Å²) in [5.74, 6) is 0.701. The quantitative estimate of drug-likeness (QED) is 0.588. The van der Waals surface area contributed by atoms with Crippen molar-refractivity contribution in [2.45, 2.75) is 0 Å². The van der Waals surface area contributed by atoms with Crippen molar-refractivity contribution in [3.63, 3.8) is 0 Å². The fraction of sp³-hybridized carbons (Fsp3) is 0.143. The molecule has 0 fully saturated rings. The van der Waals surface area contributed by atoms with Crippen molar-refractivity contribution in [2.24, 2.45) is 0 Å². The Balaban J connectivity index is 0.00000169. The van der Waals surface area contributed by atoms with Crippen LogP contribution in [0.1, 0.15) is 0 Å². The summed E-state index contributed by atoms with van der Waals surface area (Å²) in [5.41, 5.74) is 4.82. The second-order valence-electron chi connectivity index (χ2n) is 2.22. The molecule has 0 atom stereocenters. The number of halogens is 1. The molecule has 0 aliphatic rings. The van der Waals surface area contributed by atoms with Crippen molar-refractivity contribution >= 4 is 18.1 Å². The molecule has 0 aromatic heterocycles. The SMILES string of the molecule is COc1ccc(NN[N+](=O)[O-])cc1.Cl. The average molecular weight is 220 g/mol. The topological polar surface area (TPSA) is 76.4 Å². The zero-order chi connectivity index (χ0) is 9.68. The zero-order valence-electron chi connectivity index (χ0n) is 7.39. The maximum absolute atomic E-state index is 9.90. The number of methoxy groups -OCH3 is 1. The molecule has 1 aromatic rings. The second-order valence-corrected chi connectivity index (χ2v) is 2.22. The monoisotopic (exact) mass is 219 g/mol.